The van der Waals surface area contributed by atoms with Crippen LogP contribution in [0.3, 0.4) is 0 Å². The lowest BCUT2D eigenvalue weighted by molar-refractivity contribution is 0.00492. The van der Waals surface area contributed by atoms with Gasteiger partial charge in [0.2, 0.25) is 5.95 Å². The van der Waals surface area contributed by atoms with Crippen LogP contribution in [0.5, 0.6) is 0 Å². The van der Waals surface area contributed by atoms with Crippen molar-refractivity contribution in [3.63, 3.8) is 0 Å². The molecule has 4 heterocycles. The summed E-state index contributed by atoms with van der Waals surface area (Å²) in [4.78, 5) is 21.0. The monoisotopic (exact) mass is 531 g/mol. The van der Waals surface area contributed by atoms with Crippen molar-refractivity contribution in [2.45, 2.75) is 57.5 Å². The summed E-state index contributed by atoms with van der Waals surface area (Å²) in [5, 5.41) is 24.2. The molecule has 12 heteroatoms. The SMILES string of the molecule is C[C@H]1CNC[C@](NC(=O)O)(c2ccncc2Nc2ncc3ccc(Cl)nn23)[C@@H]1O[Si](C)(C)C(C)(C)C. The van der Waals surface area contributed by atoms with Crippen LogP contribution in [0, 0.1) is 5.92 Å². The summed E-state index contributed by atoms with van der Waals surface area (Å²) in [7, 11) is -2.27. The number of piperidine rings is 1. The zero-order valence-electron chi connectivity index (χ0n) is 21.5. The second-order valence-corrected chi connectivity index (χ2v) is 16.1. The predicted octanol–water partition coefficient (Wildman–Crippen LogP) is 4.61. The molecule has 0 aromatic carbocycles. The van der Waals surface area contributed by atoms with E-state index in [-0.39, 0.29) is 11.0 Å². The fourth-order valence-electron chi connectivity index (χ4n) is 4.47. The highest BCUT2D eigenvalue weighted by molar-refractivity contribution is 6.74. The van der Waals surface area contributed by atoms with Gasteiger partial charge in [0.15, 0.2) is 8.32 Å². The van der Waals surface area contributed by atoms with E-state index in [1.807, 2.05) is 12.1 Å². The normalized spacial score (nSPS) is 23.0. The number of aromatic nitrogens is 4. The Morgan fingerprint density at radius 2 is 2.06 bits per heavy atom. The molecule has 3 aromatic heterocycles. The molecule has 4 rings (SSSR count). The van der Waals surface area contributed by atoms with Gasteiger partial charge in [-0.2, -0.15) is 9.61 Å². The number of carboxylic acid groups (broad SMARTS) is 1. The van der Waals surface area contributed by atoms with E-state index in [9.17, 15) is 9.90 Å². The fourth-order valence-corrected chi connectivity index (χ4v) is 6.03. The number of fused-ring (bicyclic) bond motifs is 1. The minimum absolute atomic E-state index is 0.0356. The van der Waals surface area contributed by atoms with Crippen LogP contribution in [-0.2, 0) is 9.96 Å². The third kappa shape index (κ3) is 4.92. The Balaban J connectivity index is 1.84. The van der Waals surface area contributed by atoms with Crippen molar-refractivity contribution in [3.05, 3.63) is 47.5 Å². The number of amides is 1. The molecule has 1 fully saturated rings. The largest absolute Gasteiger partial charge is 0.465 e. The average Bonchev–Trinajstić information content (AvgIpc) is 3.17. The molecule has 0 saturated carbocycles. The molecule has 4 N–H and O–H groups in total. The molecule has 1 saturated heterocycles. The summed E-state index contributed by atoms with van der Waals surface area (Å²) < 4.78 is 8.58. The van der Waals surface area contributed by atoms with E-state index in [0.717, 1.165) is 5.52 Å². The van der Waals surface area contributed by atoms with Crippen molar-refractivity contribution < 1.29 is 14.3 Å². The van der Waals surface area contributed by atoms with E-state index in [4.69, 9.17) is 16.0 Å². The maximum Gasteiger partial charge on any atom is 0.405 e. The molecule has 0 aliphatic carbocycles. The van der Waals surface area contributed by atoms with Gasteiger partial charge in [-0.1, -0.05) is 39.3 Å². The van der Waals surface area contributed by atoms with Crippen LogP contribution in [0.4, 0.5) is 16.4 Å². The van der Waals surface area contributed by atoms with Crippen LogP contribution in [0.2, 0.25) is 23.3 Å². The molecule has 0 radical (unpaired) electrons. The number of nitrogens with one attached hydrogen (secondary N) is 3. The first-order valence-corrected chi connectivity index (χ1v) is 15.2. The van der Waals surface area contributed by atoms with Crippen molar-refractivity contribution in [2.24, 2.45) is 5.92 Å². The number of halogens is 1. The first-order chi connectivity index (χ1) is 16.8. The lowest BCUT2D eigenvalue weighted by Gasteiger charge is -2.52. The van der Waals surface area contributed by atoms with Gasteiger partial charge in [-0.3, -0.25) is 4.98 Å². The first-order valence-electron chi connectivity index (χ1n) is 12.0. The van der Waals surface area contributed by atoms with Crippen molar-refractivity contribution in [1.82, 2.24) is 30.2 Å². The second-order valence-electron chi connectivity index (χ2n) is 10.9. The molecule has 3 atom stereocenters. The van der Waals surface area contributed by atoms with Crippen LogP contribution in [0.25, 0.3) is 5.52 Å². The van der Waals surface area contributed by atoms with Crippen LogP contribution in [-0.4, -0.2) is 58.3 Å². The molecule has 10 nitrogen and oxygen atoms in total. The first kappa shape index (κ1) is 26.3. The van der Waals surface area contributed by atoms with Crippen molar-refractivity contribution in [1.29, 1.82) is 0 Å². The average molecular weight is 532 g/mol. The Kier molecular flexibility index (Phi) is 7.04. The number of imidazole rings is 1. The summed E-state index contributed by atoms with van der Waals surface area (Å²) in [5.41, 5.74) is 0.988. The van der Waals surface area contributed by atoms with E-state index in [0.29, 0.717) is 35.4 Å². The Bertz CT molecular complexity index is 1260. The molecule has 0 bridgehead atoms. The summed E-state index contributed by atoms with van der Waals surface area (Å²) in [5.74, 6) is 0.472. The van der Waals surface area contributed by atoms with E-state index in [1.165, 1.54) is 0 Å². The summed E-state index contributed by atoms with van der Waals surface area (Å²) in [6.45, 7) is 14.1. The highest BCUT2D eigenvalue weighted by atomic mass is 35.5. The molecule has 0 spiro atoms. The van der Waals surface area contributed by atoms with Gasteiger partial charge in [0, 0.05) is 24.8 Å². The Labute approximate surface area is 216 Å². The second kappa shape index (κ2) is 9.62. The maximum atomic E-state index is 12.2. The van der Waals surface area contributed by atoms with Crippen molar-refractivity contribution >= 4 is 43.2 Å². The zero-order valence-corrected chi connectivity index (χ0v) is 23.2. The molecule has 1 aliphatic heterocycles. The number of carbonyl (C=O) groups is 1. The molecular weight excluding hydrogens is 498 g/mol. The van der Waals surface area contributed by atoms with Crippen molar-refractivity contribution in [2.75, 3.05) is 18.4 Å². The number of rotatable bonds is 6. The molecule has 36 heavy (non-hydrogen) atoms. The minimum atomic E-state index is -2.27. The minimum Gasteiger partial charge on any atom is -0.465 e. The van der Waals surface area contributed by atoms with E-state index in [1.54, 1.807) is 29.2 Å². The lowest BCUT2D eigenvalue weighted by atomic mass is 9.76. The third-order valence-corrected chi connectivity index (χ3v) is 12.0. The Hall–Kier alpha value is -2.73. The van der Waals surface area contributed by atoms with Gasteiger partial charge in [-0.25, -0.2) is 9.78 Å². The highest BCUT2D eigenvalue weighted by Gasteiger charge is 2.52. The van der Waals surface area contributed by atoms with E-state index in [2.05, 4.69) is 71.8 Å². The third-order valence-electron chi connectivity index (χ3n) is 7.33. The van der Waals surface area contributed by atoms with Crippen LogP contribution < -0.4 is 16.0 Å². The summed E-state index contributed by atoms with van der Waals surface area (Å²) in [6, 6.07) is 5.35. The maximum absolute atomic E-state index is 12.2. The zero-order chi connectivity index (χ0) is 26.3. The lowest BCUT2D eigenvalue weighted by Crippen LogP contribution is -2.68. The summed E-state index contributed by atoms with van der Waals surface area (Å²) >= 11 is 6.12. The number of nitrogens with zero attached hydrogens (tertiary/aromatic N) is 4. The fraction of sp³-hybridized carbons (Fsp3) is 0.500. The van der Waals surface area contributed by atoms with Crippen LogP contribution >= 0.6 is 11.6 Å². The van der Waals surface area contributed by atoms with Gasteiger partial charge < -0.3 is 25.5 Å². The topological polar surface area (TPSA) is 126 Å². The number of hydrogen-bond donors (Lipinski definition) is 4. The Morgan fingerprint density at radius 1 is 1.31 bits per heavy atom. The highest BCUT2D eigenvalue weighted by Crippen LogP contribution is 2.44. The van der Waals surface area contributed by atoms with Crippen LogP contribution in [0.15, 0.2) is 36.8 Å². The molecule has 3 aromatic rings. The number of hydrogen-bond acceptors (Lipinski definition) is 7. The van der Waals surface area contributed by atoms with E-state index >= 15 is 0 Å². The summed E-state index contributed by atoms with van der Waals surface area (Å²) in [6.07, 6.45) is 3.46. The molecule has 1 aliphatic rings. The number of pyridine rings is 1. The Morgan fingerprint density at radius 3 is 2.75 bits per heavy atom. The van der Waals surface area contributed by atoms with Gasteiger partial charge in [0.05, 0.1) is 29.7 Å². The number of anilines is 2. The molecule has 1 amide bonds. The standard InChI is InChI=1S/C24H34ClN7O3Si/c1-15-11-27-14-24(30-22(33)34,20(15)35-36(5,6)23(2,3)4)17-9-10-26-13-18(17)29-21-28-12-16-7-8-19(25)31-32(16)21/h7-10,12-13,15,20,27,30H,11,14H2,1-6H3,(H,28,29)(H,33,34)/t15-,20+,24-/m0/s1. The van der Waals surface area contributed by atoms with Gasteiger partial charge in [0.1, 0.15) is 10.7 Å². The molecule has 194 valence electrons. The van der Waals surface area contributed by atoms with Crippen molar-refractivity contribution in [3.8, 4) is 0 Å². The van der Waals surface area contributed by atoms with Crippen LogP contribution in [0.1, 0.15) is 33.3 Å². The van der Waals surface area contributed by atoms with Gasteiger partial charge >= 0.3 is 6.09 Å². The van der Waals surface area contributed by atoms with Gasteiger partial charge in [-0.05, 0) is 42.2 Å². The predicted molar refractivity (Wildman–Crippen MR) is 142 cm³/mol. The quantitative estimate of drug-likeness (QED) is 0.340. The van der Waals surface area contributed by atoms with Gasteiger partial charge in [0.25, 0.3) is 0 Å². The van der Waals surface area contributed by atoms with E-state index < -0.39 is 26.1 Å². The smallest absolute Gasteiger partial charge is 0.405 e. The molecule has 0 unspecified atom stereocenters. The molecular formula is C24H34ClN7O3Si. The van der Waals surface area contributed by atoms with Gasteiger partial charge in [-0.15, -0.1) is 0 Å².